The fourth-order valence-corrected chi connectivity index (χ4v) is 2.51. The van der Waals surface area contributed by atoms with E-state index >= 15 is 0 Å². The minimum Gasteiger partial charge on any atom is -0.465 e. The van der Waals surface area contributed by atoms with Gasteiger partial charge in [-0.25, -0.2) is 4.79 Å². The summed E-state index contributed by atoms with van der Waals surface area (Å²) in [6, 6.07) is 13.6. The molecule has 0 saturated carbocycles. The van der Waals surface area contributed by atoms with Crippen LogP contribution in [0.3, 0.4) is 0 Å². The molecule has 6 heteroatoms. The van der Waals surface area contributed by atoms with Crippen molar-refractivity contribution >= 4 is 28.5 Å². The molecule has 1 amide bonds. The number of esters is 1. The van der Waals surface area contributed by atoms with Gasteiger partial charge in [-0.05, 0) is 42.1 Å². The zero-order chi connectivity index (χ0) is 18.0. The molecule has 25 heavy (non-hydrogen) atoms. The van der Waals surface area contributed by atoms with Crippen LogP contribution in [0.5, 0.6) is 0 Å². The van der Waals surface area contributed by atoms with Crippen LogP contribution in [0.15, 0.2) is 53.3 Å². The molecular weight excluding hydrogens is 320 g/mol. The van der Waals surface area contributed by atoms with Crippen LogP contribution >= 0.6 is 0 Å². The van der Waals surface area contributed by atoms with Crippen LogP contribution in [0.1, 0.15) is 26.3 Å². The summed E-state index contributed by atoms with van der Waals surface area (Å²) in [5, 5.41) is 3.44. The second-order valence-electron chi connectivity index (χ2n) is 5.57. The third-order valence-electron chi connectivity index (χ3n) is 3.90. The number of H-pyrrole nitrogens is 1. The Labute approximate surface area is 143 Å². The van der Waals surface area contributed by atoms with Gasteiger partial charge < -0.3 is 15.0 Å². The average Bonchev–Trinajstić information content (AvgIpc) is 2.62. The number of benzene rings is 2. The maximum absolute atomic E-state index is 12.5. The maximum atomic E-state index is 12.5. The van der Waals surface area contributed by atoms with Gasteiger partial charge in [0, 0.05) is 11.2 Å². The number of methoxy groups -OCH3 is 1. The number of aromatic amines is 1. The van der Waals surface area contributed by atoms with Gasteiger partial charge in [-0.15, -0.1) is 0 Å². The fraction of sp³-hybridized carbons (Fsp3) is 0.105. The number of para-hydroxylation sites is 1. The lowest BCUT2D eigenvalue weighted by atomic mass is 10.1. The lowest BCUT2D eigenvalue weighted by molar-refractivity contribution is 0.0600. The number of aromatic nitrogens is 1. The zero-order valence-corrected chi connectivity index (χ0v) is 13.8. The summed E-state index contributed by atoms with van der Waals surface area (Å²) in [4.78, 5) is 39.0. The standard InChI is InChI=1S/C19H16N2O4/c1-11-7-8-13(19(24)25-2)10-16(11)21-18(23)14-9-12-5-3-4-6-15(12)20-17(14)22/h3-10H,1-2H3,(H,20,22)(H,21,23). The minimum atomic E-state index is -0.544. The van der Waals surface area contributed by atoms with E-state index < -0.39 is 17.4 Å². The second-order valence-corrected chi connectivity index (χ2v) is 5.57. The topological polar surface area (TPSA) is 88.3 Å². The normalized spacial score (nSPS) is 10.5. The first-order valence-electron chi connectivity index (χ1n) is 7.62. The number of aryl methyl sites for hydroxylation is 1. The monoisotopic (exact) mass is 336 g/mol. The van der Waals surface area contributed by atoms with Crippen LogP contribution in [0, 0.1) is 6.92 Å². The molecular formula is C19H16N2O4. The maximum Gasteiger partial charge on any atom is 0.337 e. The fourth-order valence-electron chi connectivity index (χ4n) is 2.51. The molecule has 0 spiro atoms. The summed E-state index contributed by atoms with van der Waals surface area (Å²) < 4.78 is 4.68. The van der Waals surface area contributed by atoms with Gasteiger partial charge in [0.2, 0.25) is 0 Å². The Kier molecular flexibility index (Phi) is 4.35. The molecule has 0 aliphatic carbocycles. The number of nitrogens with one attached hydrogen (secondary N) is 2. The van der Waals surface area contributed by atoms with Crippen LogP contribution in [-0.2, 0) is 4.74 Å². The van der Waals surface area contributed by atoms with E-state index in [-0.39, 0.29) is 5.56 Å². The van der Waals surface area contributed by atoms with Crippen LogP contribution < -0.4 is 10.9 Å². The number of fused-ring (bicyclic) bond motifs is 1. The first-order chi connectivity index (χ1) is 12.0. The molecule has 0 radical (unpaired) electrons. The van der Waals surface area contributed by atoms with Crippen molar-refractivity contribution < 1.29 is 14.3 Å². The van der Waals surface area contributed by atoms with E-state index in [1.54, 1.807) is 37.3 Å². The molecule has 3 rings (SSSR count). The molecule has 0 unspecified atom stereocenters. The number of hydrogen-bond acceptors (Lipinski definition) is 4. The van der Waals surface area contributed by atoms with E-state index in [0.29, 0.717) is 16.8 Å². The van der Waals surface area contributed by atoms with Crippen molar-refractivity contribution in [1.29, 1.82) is 0 Å². The van der Waals surface area contributed by atoms with Crippen LogP contribution in [0.4, 0.5) is 5.69 Å². The first kappa shape index (κ1) is 16.4. The minimum absolute atomic E-state index is 0.00145. The molecule has 0 aliphatic heterocycles. The predicted molar refractivity (Wildman–Crippen MR) is 95.0 cm³/mol. The molecule has 1 aromatic heterocycles. The lowest BCUT2D eigenvalue weighted by Gasteiger charge is -2.10. The van der Waals surface area contributed by atoms with Crippen LogP contribution in [0.25, 0.3) is 10.9 Å². The van der Waals surface area contributed by atoms with Gasteiger partial charge >= 0.3 is 5.97 Å². The van der Waals surface area contributed by atoms with Gasteiger partial charge in [-0.1, -0.05) is 24.3 Å². The molecule has 2 aromatic carbocycles. The Morgan fingerprint density at radius 3 is 2.60 bits per heavy atom. The molecule has 0 bridgehead atoms. The number of hydrogen-bond donors (Lipinski definition) is 2. The van der Waals surface area contributed by atoms with Gasteiger partial charge in [0.25, 0.3) is 11.5 Å². The van der Waals surface area contributed by atoms with Gasteiger partial charge in [0.15, 0.2) is 0 Å². The van der Waals surface area contributed by atoms with E-state index in [1.165, 1.54) is 13.2 Å². The largest absolute Gasteiger partial charge is 0.465 e. The molecule has 0 atom stereocenters. The molecule has 0 saturated heterocycles. The Morgan fingerprint density at radius 1 is 1.08 bits per heavy atom. The molecule has 126 valence electrons. The van der Waals surface area contributed by atoms with Crippen molar-refractivity contribution in [2.75, 3.05) is 12.4 Å². The third-order valence-corrected chi connectivity index (χ3v) is 3.90. The Balaban J connectivity index is 1.96. The van der Waals surface area contributed by atoms with E-state index in [1.807, 2.05) is 12.1 Å². The molecule has 1 heterocycles. The Hall–Kier alpha value is -3.41. The highest BCUT2D eigenvalue weighted by molar-refractivity contribution is 6.06. The number of amides is 1. The van der Waals surface area contributed by atoms with Crippen molar-refractivity contribution in [3.63, 3.8) is 0 Å². The van der Waals surface area contributed by atoms with Crippen LogP contribution in [0.2, 0.25) is 0 Å². The van der Waals surface area contributed by atoms with E-state index in [9.17, 15) is 14.4 Å². The predicted octanol–water partition coefficient (Wildman–Crippen LogP) is 2.88. The van der Waals surface area contributed by atoms with Crippen LogP contribution in [-0.4, -0.2) is 24.0 Å². The van der Waals surface area contributed by atoms with E-state index in [4.69, 9.17) is 0 Å². The van der Waals surface area contributed by atoms with Crippen molar-refractivity contribution in [3.8, 4) is 0 Å². The summed E-state index contributed by atoms with van der Waals surface area (Å²) in [6.07, 6.45) is 0. The number of carbonyl (C=O) groups is 2. The van der Waals surface area contributed by atoms with Gasteiger partial charge in [0.1, 0.15) is 5.56 Å². The Bertz CT molecular complexity index is 1040. The smallest absolute Gasteiger partial charge is 0.337 e. The lowest BCUT2D eigenvalue weighted by Crippen LogP contribution is -2.23. The number of ether oxygens (including phenoxy) is 1. The molecule has 3 aromatic rings. The quantitative estimate of drug-likeness (QED) is 0.720. The molecule has 0 fully saturated rings. The first-order valence-corrected chi connectivity index (χ1v) is 7.62. The second kappa shape index (κ2) is 6.60. The van der Waals surface area contributed by atoms with E-state index in [2.05, 4.69) is 15.0 Å². The summed E-state index contributed by atoms with van der Waals surface area (Å²) in [5.74, 6) is -1.05. The SMILES string of the molecule is COC(=O)c1ccc(C)c(NC(=O)c2cc3ccccc3[nH]c2=O)c1. The van der Waals surface area contributed by atoms with Crippen molar-refractivity contribution in [2.45, 2.75) is 6.92 Å². The highest BCUT2D eigenvalue weighted by Gasteiger charge is 2.15. The summed E-state index contributed by atoms with van der Waals surface area (Å²) in [5.41, 5.74) is 1.71. The summed E-state index contributed by atoms with van der Waals surface area (Å²) in [7, 11) is 1.29. The molecule has 2 N–H and O–H groups in total. The van der Waals surface area contributed by atoms with Crippen molar-refractivity contribution in [2.24, 2.45) is 0 Å². The number of rotatable bonds is 3. The van der Waals surface area contributed by atoms with E-state index in [0.717, 1.165) is 10.9 Å². The molecule has 6 nitrogen and oxygen atoms in total. The number of anilines is 1. The molecule has 0 aliphatic rings. The van der Waals surface area contributed by atoms with Gasteiger partial charge in [-0.2, -0.15) is 0 Å². The number of pyridine rings is 1. The third kappa shape index (κ3) is 3.28. The van der Waals surface area contributed by atoms with Gasteiger partial charge in [0.05, 0.1) is 12.7 Å². The Morgan fingerprint density at radius 2 is 1.84 bits per heavy atom. The van der Waals surface area contributed by atoms with Gasteiger partial charge in [-0.3, -0.25) is 9.59 Å². The summed E-state index contributed by atoms with van der Waals surface area (Å²) >= 11 is 0. The number of carbonyl (C=O) groups excluding carboxylic acids is 2. The van der Waals surface area contributed by atoms with Crippen molar-refractivity contribution in [1.82, 2.24) is 4.98 Å². The highest BCUT2D eigenvalue weighted by atomic mass is 16.5. The van der Waals surface area contributed by atoms with Crippen molar-refractivity contribution in [3.05, 3.63) is 75.6 Å². The average molecular weight is 336 g/mol. The zero-order valence-electron chi connectivity index (χ0n) is 13.8. The summed E-state index contributed by atoms with van der Waals surface area (Å²) in [6.45, 7) is 1.79. The highest BCUT2D eigenvalue weighted by Crippen LogP contribution is 2.19.